The lowest BCUT2D eigenvalue weighted by atomic mass is 10.0. The van der Waals surface area contributed by atoms with Gasteiger partial charge in [-0.2, -0.15) is 13.2 Å². The largest absolute Gasteiger partial charge is 0.506 e. The lowest BCUT2D eigenvalue weighted by Gasteiger charge is -2.18. The second-order valence-electron chi connectivity index (χ2n) is 10.2. The van der Waals surface area contributed by atoms with Crippen LogP contribution in [0, 0.1) is 0 Å². The number of nitrogens with one attached hydrogen (secondary N) is 1. The molecule has 4 heterocycles. The molecular formula is C27H23Cl2F4N7O5. The number of halogens is 6. The fourth-order valence-electron chi connectivity index (χ4n) is 5.04. The molecule has 0 radical (unpaired) electrons. The number of benzene rings is 1. The van der Waals surface area contributed by atoms with Crippen molar-refractivity contribution in [3.05, 3.63) is 62.4 Å². The molecule has 1 aliphatic rings. The van der Waals surface area contributed by atoms with E-state index in [1.807, 2.05) is 0 Å². The number of ether oxygens (including phenoxy) is 1. The first-order valence-corrected chi connectivity index (χ1v) is 13.7. The van der Waals surface area contributed by atoms with Gasteiger partial charge in [-0.3, -0.25) is 19.0 Å². The molecule has 18 heteroatoms. The number of aromatic nitrogens is 4. The van der Waals surface area contributed by atoms with Gasteiger partial charge in [0.1, 0.15) is 36.0 Å². The number of primary amides is 1. The van der Waals surface area contributed by atoms with Gasteiger partial charge < -0.3 is 30.4 Å². The Morgan fingerprint density at radius 2 is 1.91 bits per heavy atom. The van der Waals surface area contributed by atoms with E-state index in [0.29, 0.717) is 10.4 Å². The van der Waals surface area contributed by atoms with Crippen molar-refractivity contribution in [1.82, 2.24) is 19.1 Å². The van der Waals surface area contributed by atoms with E-state index in [9.17, 15) is 37.1 Å². The molecule has 45 heavy (non-hydrogen) atoms. The van der Waals surface area contributed by atoms with Gasteiger partial charge in [-0.25, -0.2) is 14.4 Å². The number of hydrogen-bond acceptors (Lipinski definition) is 8. The summed E-state index contributed by atoms with van der Waals surface area (Å²) in [4.78, 5) is 47.9. The number of anilines is 2. The van der Waals surface area contributed by atoms with Gasteiger partial charge in [-0.05, 0) is 17.7 Å². The predicted octanol–water partition coefficient (Wildman–Crippen LogP) is 3.74. The average Bonchev–Trinajstić information content (AvgIpc) is 3.52. The molecule has 5 rings (SSSR count). The molecule has 1 saturated heterocycles. The maximum Gasteiger partial charge on any atom is 0.449 e. The van der Waals surface area contributed by atoms with E-state index in [4.69, 9.17) is 33.7 Å². The van der Waals surface area contributed by atoms with Crippen molar-refractivity contribution in [1.29, 1.82) is 0 Å². The quantitative estimate of drug-likeness (QED) is 0.251. The Kier molecular flexibility index (Phi) is 8.41. The predicted molar refractivity (Wildman–Crippen MR) is 156 cm³/mol. The van der Waals surface area contributed by atoms with E-state index in [2.05, 4.69) is 15.3 Å². The molecule has 4 aromatic rings. The number of alkyl halides is 4. The van der Waals surface area contributed by atoms with Gasteiger partial charge >= 0.3 is 6.18 Å². The molecule has 1 aromatic carbocycles. The second kappa shape index (κ2) is 11.8. The third kappa shape index (κ3) is 6.00. The molecule has 1 fully saturated rings. The highest BCUT2D eigenvalue weighted by atomic mass is 35.5. The monoisotopic (exact) mass is 671 g/mol. The van der Waals surface area contributed by atoms with Gasteiger partial charge in [0.2, 0.25) is 11.7 Å². The Morgan fingerprint density at radius 3 is 2.53 bits per heavy atom. The Morgan fingerprint density at radius 1 is 1.20 bits per heavy atom. The highest BCUT2D eigenvalue weighted by Crippen LogP contribution is 2.37. The Bertz CT molecular complexity index is 1910. The number of aromatic hydroxyl groups is 1. The van der Waals surface area contributed by atoms with E-state index >= 15 is 0 Å². The van der Waals surface area contributed by atoms with Gasteiger partial charge in [0.25, 0.3) is 11.5 Å². The molecular weight excluding hydrogens is 649 g/mol. The first-order chi connectivity index (χ1) is 21.1. The molecule has 0 saturated carbocycles. The fraction of sp³-hybridized carbons (Fsp3) is 0.296. The third-order valence-electron chi connectivity index (χ3n) is 7.25. The molecule has 2 amide bonds. The van der Waals surface area contributed by atoms with Crippen molar-refractivity contribution in [2.75, 3.05) is 30.4 Å². The van der Waals surface area contributed by atoms with E-state index in [0.717, 1.165) is 17.7 Å². The Hall–Kier alpha value is -4.41. The molecule has 2 atom stereocenters. The highest BCUT2D eigenvalue weighted by Gasteiger charge is 2.38. The zero-order chi connectivity index (χ0) is 33.0. The Balaban J connectivity index is 1.57. The van der Waals surface area contributed by atoms with Crippen LogP contribution in [0.4, 0.5) is 29.1 Å². The second-order valence-corrected chi connectivity index (χ2v) is 11.0. The van der Waals surface area contributed by atoms with Crippen LogP contribution in [0.5, 0.6) is 5.75 Å². The van der Waals surface area contributed by atoms with Crippen molar-refractivity contribution >= 4 is 57.6 Å². The first kappa shape index (κ1) is 32.0. The number of carbonyl (C=O) groups excluding carboxylic acids is 2. The number of amides is 2. The summed E-state index contributed by atoms with van der Waals surface area (Å²) >= 11 is 12.3. The van der Waals surface area contributed by atoms with Gasteiger partial charge in [0.15, 0.2) is 0 Å². The molecule has 12 nitrogen and oxygen atoms in total. The maximum absolute atomic E-state index is 14.2. The highest BCUT2D eigenvalue weighted by molar-refractivity contribution is 6.34. The number of nitrogens with two attached hydrogens (primary N) is 1. The number of pyridine rings is 1. The normalized spacial score (nSPS) is 16.8. The molecule has 0 aliphatic carbocycles. The topological polar surface area (TPSA) is 158 Å². The number of nitrogens with zero attached hydrogens (tertiary/aromatic N) is 5. The molecule has 0 spiro atoms. The van der Waals surface area contributed by atoms with Crippen molar-refractivity contribution in [2.24, 2.45) is 12.8 Å². The summed E-state index contributed by atoms with van der Waals surface area (Å²) in [5.41, 5.74) is 3.37. The SMILES string of the molecule is CO[C@@H]1CN(c2cc(NC(=O)Cn3cc(-c4cc(Cl)c(O)c(C(N)=O)c4)c4c(=O)n(C)c(C(F)(F)F)nc43)c(Cl)cn2)C[C@@H]1F. The van der Waals surface area contributed by atoms with Crippen molar-refractivity contribution in [2.45, 2.75) is 25.0 Å². The van der Waals surface area contributed by atoms with Crippen LogP contribution in [-0.2, 0) is 29.3 Å². The smallest absolute Gasteiger partial charge is 0.449 e. The summed E-state index contributed by atoms with van der Waals surface area (Å²) in [5, 5.41) is 12.1. The zero-order valence-electron chi connectivity index (χ0n) is 23.3. The van der Waals surface area contributed by atoms with Gasteiger partial charge in [-0.1, -0.05) is 23.2 Å². The van der Waals surface area contributed by atoms with E-state index in [1.165, 1.54) is 31.6 Å². The minimum Gasteiger partial charge on any atom is -0.506 e. The maximum atomic E-state index is 14.2. The number of fused-ring (bicyclic) bond motifs is 1. The number of hydrogen-bond donors (Lipinski definition) is 3. The first-order valence-electron chi connectivity index (χ1n) is 13.0. The van der Waals surface area contributed by atoms with Crippen LogP contribution < -0.4 is 21.5 Å². The van der Waals surface area contributed by atoms with Crippen molar-refractivity contribution in [3.63, 3.8) is 0 Å². The molecule has 3 aromatic heterocycles. The molecule has 0 unspecified atom stereocenters. The lowest BCUT2D eigenvalue weighted by Crippen LogP contribution is -2.28. The van der Waals surface area contributed by atoms with E-state index in [-0.39, 0.29) is 45.3 Å². The van der Waals surface area contributed by atoms with Crippen LogP contribution >= 0.6 is 23.2 Å². The lowest BCUT2D eigenvalue weighted by molar-refractivity contribution is -0.147. The Labute approximate surface area is 260 Å². The van der Waals surface area contributed by atoms with Crippen LogP contribution in [0.2, 0.25) is 10.0 Å². The van der Waals surface area contributed by atoms with Crippen LogP contribution in [0.15, 0.2) is 35.4 Å². The number of rotatable bonds is 7. The minimum absolute atomic E-state index is 0.0143. The van der Waals surface area contributed by atoms with Crippen molar-refractivity contribution in [3.8, 4) is 16.9 Å². The number of carbonyl (C=O) groups is 2. The fourth-order valence-corrected chi connectivity index (χ4v) is 5.41. The van der Waals surface area contributed by atoms with Gasteiger partial charge in [0, 0.05) is 38.5 Å². The summed E-state index contributed by atoms with van der Waals surface area (Å²) in [7, 11) is 2.26. The number of phenols is 1. The molecule has 1 aliphatic heterocycles. The van der Waals surface area contributed by atoms with Gasteiger partial charge in [0.05, 0.1) is 39.4 Å². The van der Waals surface area contributed by atoms with E-state index < -0.39 is 65.2 Å². The van der Waals surface area contributed by atoms with Crippen LogP contribution in [0.3, 0.4) is 0 Å². The number of methoxy groups -OCH3 is 1. The third-order valence-corrected chi connectivity index (χ3v) is 7.83. The zero-order valence-corrected chi connectivity index (χ0v) is 24.8. The van der Waals surface area contributed by atoms with Gasteiger partial charge in [-0.15, -0.1) is 0 Å². The van der Waals surface area contributed by atoms with Crippen LogP contribution in [0.1, 0.15) is 16.2 Å². The summed E-state index contributed by atoms with van der Waals surface area (Å²) in [6, 6.07) is 3.68. The van der Waals surface area contributed by atoms with Crippen molar-refractivity contribution < 1.29 is 37.0 Å². The molecule has 238 valence electrons. The molecule has 0 bridgehead atoms. The summed E-state index contributed by atoms with van der Waals surface area (Å²) < 4.78 is 62.1. The molecule has 4 N–H and O–H groups in total. The van der Waals surface area contributed by atoms with Crippen LogP contribution in [0.25, 0.3) is 22.2 Å². The summed E-state index contributed by atoms with van der Waals surface area (Å²) in [5.74, 6) is -3.72. The standard InChI is InChI=1S/C27H23Cl2F4N7O5/c1-38-25(44)21-13(11-3-12(23(34)43)22(42)14(28)4-11)7-40(24(21)37-26(38)27(31,32)33)10-20(41)36-17-5-19(35-6-15(17)29)39-8-16(30)18(9-39)45-2/h3-7,16,18,42H,8-10H2,1-2H3,(H2,34,43)(H,35,36,41)/t16-,18+/m0/s1. The summed E-state index contributed by atoms with van der Waals surface area (Å²) in [6.45, 7) is -0.475. The summed E-state index contributed by atoms with van der Waals surface area (Å²) in [6.07, 6.45) is -4.55. The minimum atomic E-state index is -5.03. The average molecular weight is 672 g/mol. The van der Waals surface area contributed by atoms with Crippen LogP contribution in [-0.4, -0.2) is 68.5 Å². The van der Waals surface area contributed by atoms with E-state index in [1.54, 1.807) is 4.90 Å².